The second-order valence-electron chi connectivity index (χ2n) is 9.23. The molecule has 1 aliphatic rings. The standard InChI is InChI=1S/C28H26N6O4/c1-3-4-9-22-29-24-25(26(37)16(2)21(27(24)38)14-23(35)36)34(22)15-17-10-12-18(13-11-17)19-7-5-6-8-20(19)28-30-32-33-31-28/h5-8,10-13H,3-4,9,14-15H2,1-2H3,(H,35,36)(H,30,31,32,33). The molecule has 5 rings (SSSR count). The Bertz CT molecular complexity index is 1570. The number of aromatic amines is 1. The number of aliphatic carboxylic acids is 1. The number of aromatic nitrogens is 6. The number of hydrogen-bond acceptors (Lipinski definition) is 7. The summed E-state index contributed by atoms with van der Waals surface area (Å²) in [5, 5.41) is 23.6. The maximum atomic E-state index is 13.4. The van der Waals surface area contributed by atoms with Crippen LogP contribution in [0.1, 0.15) is 65.5 Å². The van der Waals surface area contributed by atoms with Crippen LogP contribution < -0.4 is 0 Å². The van der Waals surface area contributed by atoms with Crippen LogP contribution in [0, 0.1) is 0 Å². The molecule has 0 aliphatic heterocycles. The molecule has 2 N–H and O–H groups in total. The Morgan fingerprint density at radius 1 is 1.03 bits per heavy atom. The minimum atomic E-state index is -1.16. The number of carbonyl (C=O) groups is 3. The molecular weight excluding hydrogens is 484 g/mol. The Hall–Kier alpha value is -4.73. The second-order valence-corrected chi connectivity index (χ2v) is 9.23. The van der Waals surface area contributed by atoms with Gasteiger partial charge in [-0.1, -0.05) is 61.9 Å². The summed E-state index contributed by atoms with van der Waals surface area (Å²) in [6.45, 7) is 3.93. The number of ketones is 2. The number of benzene rings is 2. The van der Waals surface area contributed by atoms with Crippen LogP contribution in [0.4, 0.5) is 0 Å². The molecule has 1 aliphatic carbocycles. The summed E-state index contributed by atoms with van der Waals surface area (Å²) in [6.07, 6.45) is 1.88. The van der Waals surface area contributed by atoms with Crippen molar-refractivity contribution in [3.8, 4) is 22.5 Å². The fourth-order valence-corrected chi connectivity index (χ4v) is 4.75. The first-order chi connectivity index (χ1) is 18.4. The molecule has 10 heteroatoms. The lowest BCUT2D eigenvalue weighted by atomic mass is 9.89. The zero-order chi connectivity index (χ0) is 26.8. The topological polar surface area (TPSA) is 144 Å². The number of H-pyrrole nitrogens is 1. The third-order valence-corrected chi connectivity index (χ3v) is 6.75. The number of rotatable bonds is 9. The van der Waals surface area contributed by atoms with Crippen LogP contribution in [0.3, 0.4) is 0 Å². The monoisotopic (exact) mass is 510 g/mol. The summed E-state index contributed by atoms with van der Waals surface area (Å²) < 4.78 is 1.81. The van der Waals surface area contributed by atoms with Gasteiger partial charge in [0.1, 0.15) is 17.2 Å². The maximum absolute atomic E-state index is 13.4. The van der Waals surface area contributed by atoms with Crippen LogP contribution in [-0.4, -0.2) is 52.8 Å². The van der Waals surface area contributed by atoms with E-state index >= 15 is 0 Å². The summed E-state index contributed by atoms with van der Waals surface area (Å²) in [6, 6.07) is 15.7. The van der Waals surface area contributed by atoms with Gasteiger partial charge in [0.15, 0.2) is 0 Å². The molecular formula is C28H26N6O4. The van der Waals surface area contributed by atoms with E-state index in [4.69, 9.17) is 0 Å². The van der Waals surface area contributed by atoms with Gasteiger partial charge in [-0.3, -0.25) is 14.4 Å². The molecule has 0 spiro atoms. The Labute approximate surface area is 218 Å². The van der Waals surface area contributed by atoms with E-state index in [-0.39, 0.29) is 28.3 Å². The number of aryl methyl sites for hydroxylation is 1. The smallest absolute Gasteiger partial charge is 0.307 e. The molecule has 0 fully saturated rings. The van der Waals surface area contributed by atoms with Gasteiger partial charge in [-0.25, -0.2) is 4.98 Å². The number of carbonyl (C=O) groups excluding carboxylic acids is 2. The summed E-state index contributed by atoms with van der Waals surface area (Å²) in [5.74, 6) is -0.838. The zero-order valence-corrected chi connectivity index (χ0v) is 21.1. The molecule has 0 radical (unpaired) electrons. The molecule has 0 amide bonds. The van der Waals surface area contributed by atoms with Crippen LogP contribution in [-0.2, 0) is 17.8 Å². The molecule has 4 aromatic rings. The Morgan fingerprint density at radius 2 is 1.76 bits per heavy atom. The minimum absolute atomic E-state index is 0.00584. The van der Waals surface area contributed by atoms with Gasteiger partial charge in [-0.15, -0.1) is 10.2 Å². The molecule has 2 heterocycles. The molecule has 2 aromatic carbocycles. The molecule has 38 heavy (non-hydrogen) atoms. The van der Waals surface area contributed by atoms with Gasteiger partial charge in [-0.05, 0) is 35.2 Å². The number of fused-ring (bicyclic) bond motifs is 1. The third-order valence-electron chi connectivity index (χ3n) is 6.75. The van der Waals surface area contributed by atoms with Gasteiger partial charge in [0, 0.05) is 29.7 Å². The second kappa shape index (κ2) is 10.3. The maximum Gasteiger partial charge on any atom is 0.307 e. The molecule has 2 aromatic heterocycles. The first-order valence-corrected chi connectivity index (χ1v) is 12.4. The number of nitrogens with one attached hydrogen (secondary N) is 1. The van der Waals surface area contributed by atoms with Gasteiger partial charge in [0.05, 0.1) is 6.42 Å². The first kappa shape index (κ1) is 24.9. The van der Waals surface area contributed by atoms with E-state index in [9.17, 15) is 19.5 Å². The van der Waals surface area contributed by atoms with E-state index in [0.29, 0.717) is 24.6 Å². The Kier molecular flexibility index (Phi) is 6.78. The normalized spacial score (nSPS) is 13.2. The lowest BCUT2D eigenvalue weighted by molar-refractivity contribution is -0.136. The Morgan fingerprint density at radius 3 is 2.42 bits per heavy atom. The van der Waals surface area contributed by atoms with Gasteiger partial charge in [-0.2, -0.15) is 5.21 Å². The van der Waals surface area contributed by atoms with Crippen molar-refractivity contribution in [2.45, 2.75) is 46.1 Å². The summed E-state index contributed by atoms with van der Waals surface area (Å²) in [4.78, 5) is 42.4. The van der Waals surface area contributed by atoms with Crippen molar-refractivity contribution in [1.82, 2.24) is 30.2 Å². The van der Waals surface area contributed by atoms with Crippen LogP contribution in [0.2, 0.25) is 0 Å². The average molecular weight is 511 g/mol. The quantitative estimate of drug-likeness (QED) is 0.339. The molecule has 0 bridgehead atoms. The highest BCUT2D eigenvalue weighted by molar-refractivity contribution is 6.26. The fourth-order valence-electron chi connectivity index (χ4n) is 4.75. The van der Waals surface area contributed by atoms with E-state index in [1.54, 1.807) is 0 Å². The molecule has 0 atom stereocenters. The predicted octanol–water partition coefficient (Wildman–Crippen LogP) is 4.29. The number of nitrogens with zero attached hydrogens (tertiary/aromatic N) is 5. The fraction of sp³-hybridized carbons (Fsp3) is 0.250. The minimum Gasteiger partial charge on any atom is -0.481 e. The van der Waals surface area contributed by atoms with Crippen molar-refractivity contribution < 1.29 is 19.5 Å². The van der Waals surface area contributed by atoms with E-state index in [0.717, 1.165) is 35.1 Å². The summed E-state index contributed by atoms with van der Waals surface area (Å²) in [5.41, 5.74) is 4.17. The Balaban J connectivity index is 1.50. The number of tetrazole rings is 1. The predicted molar refractivity (Wildman–Crippen MR) is 139 cm³/mol. The van der Waals surface area contributed by atoms with Crippen LogP contribution in [0.5, 0.6) is 0 Å². The van der Waals surface area contributed by atoms with E-state index in [1.807, 2.05) is 53.1 Å². The van der Waals surface area contributed by atoms with Crippen molar-refractivity contribution in [2.75, 3.05) is 0 Å². The molecule has 0 saturated heterocycles. The first-order valence-electron chi connectivity index (χ1n) is 12.4. The highest BCUT2D eigenvalue weighted by Crippen LogP contribution is 2.32. The number of unbranched alkanes of at least 4 members (excludes halogenated alkanes) is 1. The van der Waals surface area contributed by atoms with E-state index < -0.39 is 18.2 Å². The van der Waals surface area contributed by atoms with Gasteiger partial charge in [0.25, 0.3) is 0 Å². The molecule has 0 saturated carbocycles. The largest absolute Gasteiger partial charge is 0.481 e. The van der Waals surface area contributed by atoms with Gasteiger partial charge in [0.2, 0.25) is 17.4 Å². The van der Waals surface area contributed by atoms with Gasteiger partial charge < -0.3 is 9.67 Å². The third kappa shape index (κ3) is 4.56. The molecule has 10 nitrogen and oxygen atoms in total. The summed E-state index contributed by atoms with van der Waals surface area (Å²) in [7, 11) is 0. The van der Waals surface area contributed by atoms with Crippen molar-refractivity contribution in [3.05, 3.63) is 82.5 Å². The molecule has 0 unspecified atom stereocenters. The number of imidazole rings is 1. The van der Waals surface area contributed by atoms with Crippen molar-refractivity contribution in [2.24, 2.45) is 0 Å². The lowest BCUT2D eigenvalue weighted by Crippen LogP contribution is -2.25. The number of hydrogen-bond donors (Lipinski definition) is 2. The number of carboxylic acids is 1. The number of carboxylic acid groups (broad SMARTS) is 1. The van der Waals surface area contributed by atoms with E-state index in [2.05, 4.69) is 32.5 Å². The highest BCUT2D eigenvalue weighted by atomic mass is 16.4. The van der Waals surface area contributed by atoms with E-state index in [1.165, 1.54) is 6.92 Å². The summed E-state index contributed by atoms with van der Waals surface area (Å²) >= 11 is 0. The lowest BCUT2D eigenvalue weighted by Gasteiger charge is -2.17. The average Bonchev–Trinajstić information content (AvgIpc) is 3.58. The molecule has 192 valence electrons. The van der Waals surface area contributed by atoms with Crippen LogP contribution in [0.25, 0.3) is 22.5 Å². The van der Waals surface area contributed by atoms with Crippen LogP contribution >= 0.6 is 0 Å². The highest BCUT2D eigenvalue weighted by Gasteiger charge is 2.36. The number of allylic oxidation sites excluding steroid dienone is 1. The van der Waals surface area contributed by atoms with Crippen molar-refractivity contribution in [1.29, 1.82) is 0 Å². The van der Waals surface area contributed by atoms with Crippen LogP contribution in [0.15, 0.2) is 59.7 Å². The van der Waals surface area contributed by atoms with Crippen molar-refractivity contribution >= 4 is 17.5 Å². The number of Topliss-reactive ketones (excluding diaryl/α,β-unsaturated/α-hetero) is 2. The van der Waals surface area contributed by atoms with Crippen molar-refractivity contribution in [3.63, 3.8) is 0 Å². The SMILES string of the molecule is CCCCc1nc2c(n1Cc1ccc(-c3ccccc3-c3nn[nH]n3)cc1)C(=O)C(C)=C(CC(=O)O)C2=O. The zero-order valence-electron chi connectivity index (χ0n) is 21.1. The van der Waals surface area contributed by atoms with Gasteiger partial charge >= 0.3 is 5.97 Å².